The van der Waals surface area contributed by atoms with Crippen LogP contribution in [0.25, 0.3) is 5.69 Å². The van der Waals surface area contributed by atoms with Gasteiger partial charge in [-0.1, -0.05) is 36.0 Å². The highest BCUT2D eigenvalue weighted by molar-refractivity contribution is 7.99. The molecule has 1 aliphatic rings. The zero-order valence-corrected chi connectivity index (χ0v) is 21.3. The molecule has 1 aliphatic heterocycles. The van der Waals surface area contributed by atoms with Crippen LogP contribution >= 0.6 is 11.8 Å². The second-order valence-electron chi connectivity index (χ2n) is 8.27. The minimum absolute atomic E-state index is 0.00347. The van der Waals surface area contributed by atoms with Gasteiger partial charge >= 0.3 is 0 Å². The minimum atomic E-state index is -3.55. The number of nitrogens with one attached hydrogen (secondary N) is 1. The first-order valence-electron chi connectivity index (χ1n) is 11.5. The maximum atomic E-state index is 14.6. The number of para-hydroxylation sites is 1. The Labute approximate surface area is 213 Å². The third kappa shape index (κ3) is 5.82. The predicted octanol–water partition coefficient (Wildman–Crippen LogP) is 2.84. The fraction of sp³-hybridized carbons (Fsp3) is 0.333. The van der Waals surface area contributed by atoms with E-state index < -0.39 is 15.8 Å². The van der Waals surface area contributed by atoms with Crippen molar-refractivity contribution in [2.75, 3.05) is 25.4 Å². The number of amides is 1. The number of Topliss-reactive ketones (excluding diaryl/α,β-unsaturated/α-hetero) is 1. The van der Waals surface area contributed by atoms with Crippen LogP contribution in [0.5, 0.6) is 0 Å². The lowest BCUT2D eigenvalue weighted by molar-refractivity contribution is -0.118. The molecule has 12 heteroatoms. The molecular formula is C24H26FN5O4S2. The Bertz CT molecular complexity index is 1350. The lowest BCUT2D eigenvalue weighted by atomic mass is 10.1. The molecule has 4 rings (SSSR count). The van der Waals surface area contributed by atoms with E-state index in [0.717, 1.165) is 24.6 Å². The summed E-state index contributed by atoms with van der Waals surface area (Å²) in [5.41, 5.74) is 0.609. The fourth-order valence-electron chi connectivity index (χ4n) is 3.88. The van der Waals surface area contributed by atoms with Crippen LogP contribution in [-0.4, -0.2) is 64.6 Å². The van der Waals surface area contributed by atoms with Gasteiger partial charge in [-0.05, 0) is 37.1 Å². The van der Waals surface area contributed by atoms with Crippen molar-refractivity contribution in [1.29, 1.82) is 0 Å². The van der Waals surface area contributed by atoms with Crippen molar-refractivity contribution in [2.45, 2.75) is 36.2 Å². The summed E-state index contributed by atoms with van der Waals surface area (Å²) in [7, 11) is -3.55. The average molecular weight is 532 g/mol. The number of sulfonamides is 1. The van der Waals surface area contributed by atoms with Gasteiger partial charge in [0.1, 0.15) is 11.6 Å². The molecular weight excluding hydrogens is 505 g/mol. The molecule has 9 nitrogen and oxygen atoms in total. The molecule has 0 bridgehead atoms. The van der Waals surface area contributed by atoms with E-state index in [0.29, 0.717) is 42.6 Å². The molecule has 1 saturated heterocycles. The van der Waals surface area contributed by atoms with E-state index in [1.807, 2.05) is 0 Å². The fourth-order valence-corrected chi connectivity index (χ4v) is 6.26. The molecule has 2 heterocycles. The lowest BCUT2D eigenvalue weighted by Gasteiger charge is -2.15. The number of carbonyl (C=O) groups is 2. The van der Waals surface area contributed by atoms with Crippen molar-refractivity contribution >= 4 is 33.5 Å². The molecule has 0 spiro atoms. The number of benzene rings is 2. The number of hydrogen-bond donors (Lipinski definition) is 1. The lowest BCUT2D eigenvalue weighted by Crippen LogP contribution is -2.27. The SMILES string of the molecule is CC(=O)NCCc1nnc(SCC(=O)c2ccc(S(=O)(=O)N3CCCC3)cc2)n1-c1ccccc1F. The molecule has 1 aromatic heterocycles. The summed E-state index contributed by atoms with van der Waals surface area (Å²) in [6.45, 7) is 2.73. The minimum Gasteiger partial charge on any atom is -0.356 e. The van der Waals surface area contributed by atoms with Crippen LogP contribution in [0.3, 0.4) is 0 Å². The molecule has 0 saturated carbocycles. The van der Waals surface area contributed by atoms with E-state index >= 15 is 0 Å². The van der Waals surface area contributed by atoms with Gasteiger partial charge in [0, 0.05) is 38.5 Å². The Morgan fingerprint density at radius 3 is 2.42 bits per heavy atom. The molecule has 36 heavy (non-hydrogen) atoms. The number of carbonyl (C=O) groups excluding carboxylic acids is 2. The average Bonchev–Trinajstić information content (AvgIpc) is 3.54. The van der Waals surface area contributed by atoms with E-state index in [4.69, 9.17) is 0 Å². The highest BCUT2D eigenvalue weighted by Crippen LogP contribution is 2.26. The number of aromatic nitrogens is 3. The van der Waals surface area contributed by atoms with Crippen molar-refractivity contribution in [3.8, 4) is 5.69 Å². The summed E-state index contributed by atoms with van der Waals surface area (Å²) in [5, 5.41) is 11.3. The van der Waals surface area contributed by atoms with Gasteiger partial charge in [0.15, 0.2) is 10.9 Å². The molecule has 0 radical (unpaired) electrons. The van der Waals surface area contributed by atoms with Crippen molar-refractivity contribution in [3.63, 3.8) is 0 Å². The van der Waals surface area contributed by atoms with Gasteiger partial charge in [0.25, 0.3) is 0 Å². The molecule has 2 aromatic carbocycles. The largest absolute Gasteiger partial charge is 0.356 e. The normalized spacial score (nSPS) is 14.2. The molecule has 0 atom stereocenters. The summed E-state index contributed by atoms with van der Waals surface area (Å²) >= 11 is 1.10. The maximum absolute atomic E-state index is 14.6. The van der Waals surface area contributed by atoms with E-state index in [-0.39, 0.29) is 28.0 Å². The number of nitrogens with zero attached hydrogens (tertiary/aromatic N) is 4. The summed E-state index contributed by atoms with van der Waals surface area (Å²) in [5.74, 6) is -0.447. The summed E-state index contributed by atoms with van der Waals surface area (Å²) in [4.78, 5) is 24.2. The summed E-state index contributed by atoms with van der Waals surface area (Å²) in [6, 6.07) is 12.1. The molecule has 3 aromatic rings. The third-order valence-corrected chi connectivity index (χ3v) is 8.57. The topological polar surface area (TPSA) is 114 Å². The van der Waals surface area contributed by atoms with E-state index in [9.17, 15) is 22.4 Å². The summed E-state index contributed by atoms with van der Waals surface area (Å²) < 4.78 is 43.0. The number of halogens is 1. The Morgan fingerprint density at radius 2 is 1.75 bits per heavy atom. The third-order valence-electron chi connectivity index (χ3n) is 5.73. The zero-order chi connectivity index (χ0) is 25.7. The van der Waals surface area contributed by atoms with Gasteiger partial charge in [-0.2, -0.15) is 4.31 Å². The molecule has 1 N–H and O–H groups in total. The second-order valence-corrected chi connectivity index (χ2v) is 11.1. The van der Waals surface area contributed by atoms with Gasteiger partial charge < -0.3 is 5.32 Å². The van der Waals surface area contributed by atoms with Crippen molar-refractivity contribution in [1.82, 2.24) is 24.4 Å². The van der Waals surface area contributed by atoms with Crippen LogP contribution in [0, 0.1) is 5.82 Å². The molecule has 0 aliphatic carbocycles. The van der Waals surface area contributed by atoms with E-state index in [1.54, 1.807) is 22.8 Å². The maximum Gasteiger partial charge on any atom is 0.243 e. The zero-order valence-electron chi connectivity index (χ0n) is 19.7. The molecule has 1 amide bonds. The number of thioether (sulfide) groups is 1. The quantitative estimate of drug-likeness (QED) is 0.316. The molecule has 190 valence electrons. The smallest absolute Gasteiger partial charge is 0.243 e. The number of ketones is 1. The van der Waals surface area contributed by atoms with Crippen molar-refractivity contribution in [3.05, 3.63) is 65.7 Å². The van der Waals surface area contributed by atoms with Gasteiger partial charge in [0.05, 0.1) is 16.3 Å². The van der Waals surface area contributed by atoms with Crippen LogP contribution in [0.1, 0.15) is 35.9 Å². The Hall–Kier alpha value is -3.09. The highest BCUT2D eigenvalue weighted by Gasteiger charge is 2.27. The molecule has 1 fully saturated rings. The Morgan fingerprint density at radius 1 is 1.06 bits per heavy atom. The first kappa shape index (κ1) is 26.0. The van der Waals surface area contributed by atoms with Gasteiger partial charge in [-0.25, -0.2) is 12.8 Å². The highest BCUT2D eigenvalue weighted by atomic mass is 32.2. The van der Waals surface area contributed by atoms with Crippen LogP contribution in [0.15, 0.2) is 58.6 Å². The second kappa shape index (κ2) is 11.3. The monoisotopic (exact) mass is 531 g/mol. The van der Waals surface area contributed by atoms with Gasteiger partial charge in [-0.15, -0.1) is 10.2 Å². The standard InChI is InChI=1S/C24H26FN5O4S2/c1-17(31)26-13-12-23-27-28-24(30(23)21-7-3-2-6-20(21)25)35-16-22(32)18-8-10-19(11-9-18)36(33,34)29-14-4-5-15-29/h2-3,6-11H,4-5,12-16H2,1H3,(H,26,31). The molecule has 0 unspecified atom stereocenters. The number of rotatable bonds is 10. The van der Waals surface area contributed by atoms with Crippen LogP contribution in [0.2, 0.25) is 0 Å². The van der Waals surface area contributed by atoms with Gasteiger partial charge in [-0.3, -0.25) is 14.2 Å². The first-order chi connectivity index (χ1) is 17.3. The van der Waals surface area contributed by atoms with Crippen LogP contribution in [0.4, 0.5) is 4.39 Å². The van der Waals surface area contributed by atoms with Crippen molar-refractivity contribution in [2.24, 2.45) is 0 Å². The van der Waals surface area contributed by atoms with E-state index in [1.165, 1.54) is 41.6 Å². The first-order valence-corrected chi connectivity index (χ1v) is 13.9. The Kier molecular flexibility index (Phi) is 8.17. The van der Waals surface area contributed by atoms with Crippen LogP contribution < -0.4 is 5.32 Å². The number of hydrogen-bond acceptors (Lipinski definition) is 7. The predicted molar refractivity (Wildman–Crippen MR) is 133 cm³/mol. The van der Waals surface area contributed by atoms with Crippen LogP contribution in [-0.2, 0) is 21.2 Å². The van der Waals surface area contributed by atoms with Crippen molar-refractivity contribution < 1.29 is 22.4 Å². The van der Waals surface area contributed by atoms with Gasteiger partial charge in [0.2, 0.25) is 15.9 Å². The summed E-state index contributed by atoms with van der Waals surface area (Å²) in [6.07, 6.45) is 2.02. The Balaban J connectivity index is 1.49. The van der Waals surface area contributed by atoms with E-state index in [2.05, 4.69) is 15.5 Å².